The number of fused-ring (bicyclic) bond motifs is 1. The molecule has 6 nitrogen and oxygen atoms in total. The van der Waals surface area contributed by atoms with Crippen molar-refractivity contribution in [2.45, 2.75) is 25.8 Å². The van der Waals surface area contributed by atoms with Crippen molar-refractivity contribution < 1.29 is 14.4 Å². The van der Waals surface area contributed by atoms with Crippen LogP contribution < -0.4 is 16.4 Å². The monoisotopic (exact) mass is 261 g/mol. The number of amides is 3. The van der Waals surface area contributed by atoms with Gasteiger partial charge < -0.3 is 16.4 Å². The first-order valence-electron chi connectivity index (χ1n) is 5.97. The Labute approximate surface area is 110 Å². The van der Waals surface area contributed by atoms with Crippen LogP contribution in [-0.4, -0.2) is 23.8 Å². The summed E-state index contributed by atoms with van der Waals surface area (Å²) in [7, 11) is 0. The van der Waals surface area contributed by atoms with Gasteiger partial charge >= 0.3 is 0 Å². The van der Waals surface area contributed by atoms with E-state index in [1.807, 2.05) is 0 Å². The van der Waals surface area contributed by atoms with Crippen LogP contribution in [0.2, 0.25) is 0 Å². The molecule has 6 heteroatoms. The van der Waals surface area contributed by atoms with E-state index in [1.165, 1.54) is 0 Å². The topological polar surface area (TPSA) is 101 Å². The fourth-order valence-electron chi connectivity index (χ4n) is 2.03. The predicted molar refractivity (Wildman–Crippen MR) is 69.5 cm³/mol. The highest BCUT2D eigenvalue weighted by molar-refractivity contribution is 6.01. The lowest BCUT2D eigenvalue weighted by atomic mass is 10.1. The second kappa shape index (κ2) is 5.09. The minimum absolute atomic E-state index is 0.0744. The first-order chi connectivity index (χ1) is 8.95. The molecule has 19 heavy (non-hydrogen) atoms. The molecule has 0 radical (unpaired) electrons. The first-order valence-corrected chi connectivity index (χ1v) is 5.97. The van der Waals surface area contributed by atoms with Crippen LogP contribution in [0.4, 0.5) is 5.69 Å². The molecule has 1 aliphatic rings. The van der Waals surface area contributed by atoms with Gasteiger partial charge in [-0.2, -0.15) is 0 Å². The van der Waals surface area contributed by atoms with E-state index < -0.39 is 5.91 Å². The zero-order chi connectivity index (χ0) is 14.0. The van der Waals surface area contributed by atoms with Crippen molar-refractivity contribution >= 4 is 23.4 Å². The number of nitrogens with one attached hydrogen (secondary N) is 2. The van der Waals surface area contributed by atoms with E-state index in [0.717, 1.165) is 11.3 Å². The quantitative estimate of drug-likeness (QED) is 0.720. The molecule has 1 unspecified atom stereocenters. The molecule has 0 aliphatic carbocycles. The number of rotatable bonds is 4. The minimum Gasteiger partial charge on any atom is -0.370 e. The van der Waals surface area contributed by atoms with E-state index in [4.69, 9.17) is 5.73 Å². The summed E-state index contributed by atoms with van der Waals surface area (Å²) < 4.78 is 0. The molecule has 3 amide bonds. The van der Waals surface area contributed by atoms with Crippen molar-refractivity contribution in [1.82, 2.24) is 5.32 Å². The summed E-state index contributed by atoms with van der Waals surface area (Å²) in [6.07, 6.45) is 0.379. The van der Waals surface area contributed by atoms with Gasteiger partial charge in [-0.15, -0.1) is 0 Å². The maximum Gasteiger partial charge on any atom is 0.251 e. The summed E-state index contributed by atoms with van der Waals surface area (Å²) >= 11 is 0. The summed E-state index contributed by atoms with van der Waals surface area (Å²) in [4.78, 5) is 33.9. The number of primary amides is 1. The Morgan fingerprint density at radius 3 is 2.89 bits per heavy atom. The van der Waals surface area contributed by atoms with E-state index in [-0.39, 0.29) is 30.7 Å². The van der Waals surface area contributed by atoms with Crippen molar-refractivity contribution in [3.05, 3.63) is 29.3 Å². The van der Waals surface area contributed by atoms with Gasteiger partial charge in [-0.05, 0) is 30.7 Å². The molecule has 0 aromatic heterocycles. The molecule has 1 atom stereocenters. The Morgan fingerprint density at radius 1 is 1.47 bits per heavy atom. The van der Waals surface area contributed by atoms with Gasteiger partial charge in [0.15, 0.2) is 0 Å². The average Bonchev–Trinajstić information content (AvgIpc) is 2.66. The van der Waals surface area contributed by atoms with Crippen LogP contribution in [0.25, 0.3) is 0 Å². The smallest absolute Gasteiger partial charge is 0.251 e. The average molecular weight is 261 g/mol. The zero-order valence-corrected chi connectivity index (χ0v) is 10.5. The van der Waals surface area contributed by atoms with Gasteiger partial charge in [0.1, 0.15) is 0 Å². The highest BCUT2D eigenvalue weighted by atomic mass is 16.2. The molecular weight excluding hydrogens is 246 g/mol. The van der Waals surface area contributed by atoms with Crippen molar-refractivity contribution in [2.24, 2.45) is 5.73 Å². The first kappa shape index (κ1) is 13.1. The lowest BCUT2D eigenvalue weighted by Gasteiger charge is -2.12. The van der Waals surface area contributed by atoms with Crippen LogP contribution in [0.15, 0.2) is 18.2 Å². The predicted octanol–water partition coefficient (Wildman–Crippen LogP) is 0.175. The van der Waals surface area contributed by atoms with Crippen molar-refractivity contribution in [2.75, 3.05) is 5.32 Å². The van der Waals surface area contributed by atoms with Gasteiger partial charge in [0.2, 0.25) is 11.8 Å². The SMILES string of the molecule is CC(CC(N)=O)NC(=O)c1ccc2c(c1)CC(=O)N2. The van der Waals surface area contributed by atoms with E-state index in [9.17, 15) is 14.4 Å². The van der Waals surface area contributed by atoms with Crippen molar-refractivity contribution in [1.29, 1.82) is 0 Å². The summed E-state index contributed by atoms with van der Waals surface area (Å²) in [5.41, 5.74) is 7.07. The Balaban J connectivity index is 2.06. The summed E-state index contributed by atoms with van der Waals surface area (Å²) in [6.45, 7) is 1.71. The highest BCUT2D eigenvalue weighted by Crippen LogP contribution is 2.23. The van der Waals surface area contributed by atoms with Gasteiger partial charge in [-0.25, -0.2) is 0 Å². The Morgan fingerprint density at radius 2 is 2.21 bits per heavy atom. The third-order valence-corrected chi connectivity index (χ3v) is 2.88. The zero-order valence-electron chi connectivity index (χ0n) is 10.5. The lowest BCUT2D eigenvalue weighted by molar-refractivity contribution is -0.118. The number of hydrogen-bond donors (Lipinski definition) is 3. The maximum atomic E-state index is 11.9. The van der Waals surface area contributed by atoms with E-state index >= 15 is 0 Å². The molecule has 100 valence electrons. The molecule has 0 saturated heterocycles. The molecule has 2 rings (SSSR count). The van der Waals surface area contributed by atoms with Crippen LogP contribution in [0, 0.1) is 0 Å². The Bertz CT molecular complexity index is 554. The second-order valence-electron chi connectivity index (χ2n) is 4.64. The number of carbonyl (C=O) groups excluding carboxylic acids is 3. The van der Waals surface area contributed by atoms with Crippen molar-refractivity contribution in [3.8, 4) is 0 Å². The Hall–Kier alpha value is -2.37. The lowest BCUT2D eigenvalue weighted by Crippen LogP contribution is -2.35. The highest BCUT2D eigenvalue weighted by Gasteiger charge is 2.19. The Kier molecular flexibility index (Phi) is 3.50. The van der Waals surface area contributed by atoms with Gasteiger partial charge in [0.25, 0.3) is 5.91 Å². The molecule has 0 fully saturated rings. The number of hydrogen-bond acceptors (Lipinski definition) is 3. The molecule has 1 heterocycles. The summed E-state index contributed by atoms with van der Waals surface area (Å²) in [6, 6.07) is 4.70. The molecule has 0 spiro atoms. The van der Waals surface area contributed by atoms with Gasteiger partial charge in [0, 0.05) is 23.7 Å². The number of benzene rings is 1. The molecule has 0 bridgehead atoms. The molecular formula is C13H15N3O3. The van der Waals surface area contributed by atoms with Crippen LogP contribution in [-0.2, 0) is 16.0 Å². The molecule has 1 aliphatic heterocycles. The fourth-order valence-corrected chi connectivity index (χ4v) is 2.03. The third kappa shape index (κ3) is 3.09. The largest absolute Gasteiger partial charge is 0.370 e. The maximum absolute atomic E-state index is 11.9. The van der Waals surface area contributed by atoms with Crippen LogP contribution >= 0.6 is 0 Å². The van der Waals surface area contributed by atoms with Crippen LogP contribution in [0.1, 0.15) is 29.3 Å². The standard InChI is InChI=1S/C13H15N3O3/c1-7(4-11(14)17)15-13(19)8-2-3-10-9(5-8)6-12(18)16-10/h2-3,5,7H,4,6H2,1H3,(H2,14,17)(H,15,19)(H,16,18). The van der Waals surface area contributed by atoms with Gasteiger partial charge in [-0.1, -0.05) is 0 Å². The third-order valence-electron chi connectivity index (χ3n) is 2.88. The van der Waals surface area contributed by atoms with Gasteiger partial charge in [0.05, 0.1) is 6.42 Å². The number of nitrogens with two attached hydrogens (primary N) is 1. The molecule has 1 aromatic carbocycles. The number of carbonyl (C=O) groups is 3. The summed E-state index contributed by atoms with van der Waals surface area (Å²) in [5, 5.41) is 5.38. The van der Waals surface area contributed by atoms with E-state index in [1.54, 1.807) is 25.1 Å². The second-order valence-corrected chi connectivity index (χ2v) is 4.64. The number of anilines is 1. The van der Waals surface area contributed by atoms with Crippen LogP contribution in [0.5, 0.6) is 0 Å². The van der Waals surface area contributed by atoms with Gasteiger partial charge in [-0.3, -0.25) is 14.4 Å². The van der Waals surface area contributed by atoms with Crippen molar-refractivity contribution in [3.63, 3.8) is 0 Å². The minimum atomic E-state index is -0.462. The normalized spacial score (nSPS) is 14.5. The summed E-state index contributed by atoms with van der Waals surface area (Å²) in [5.74, 6) is -0.817. The van der Waals surface area contributed by atoms with E-state index in [0.29, 0.717) is 5.56 Å². The van der Waals surface area contributed by atoms with Crippen LogP contribution in [0.3, 0.4) is 0 Å². The van der Waals surface area contributed by atoms with E-state index in [2.05, 4.69) is 10.6 Å². The molecule has 1 aromatic rings. The fraction of sp³-hybridized carbons (Fsp3) is 0.308. The molecule has 4 N–H and O–H groups in total. The molecule has 0 saturated carbocycles.